The van der Waals surface area contributed by atoms with Crippen LogP contribution in [0, 0.1) is 41.5 Å². The lowest BCUT2D eigenvalue weighted by Gasteiger charge is -2.13. The molecule has 0 unspecified atom stereocenters. The summed E-state index contributed by atoms with van der Waals surface area (Å²) >= 11 is 0. The Labute approximate surface area is 174 Å². The SMILES string of the molecule is Cc1cc(C)c(C(=O)NCCNCCNC(=O)c2c(C)cc(C)cc2C)c(C)c1. The molecular formula is C24H33N3O2. The van der Waals surface area contributed by atoms with Gasteiger partial charge in [-0.1, -0.05) is 35.4 Å². The van der Waals surface area contributed by atoms with E-state index in [1.54, 1.807) is 0 Å². The molecule has 0 saturated carbocycles. The Morgan fingerprint density at radius 3 is 1.21 bits per heavy atom. The van der Waals surface area contributed by atoms with Crippen LogP contribution in [0.1, 0.15) is 54.1 Å². The third-order valence-corrected chi connectivity index (χ3v) is 4.98. The fourth-order valence-corrected chi connectivity index (χ4v) is 3.91. The van der Waals surface area contributed by atoms with Gasteiger partial charge in [0.05, 0.1) is 0 Å². The lowest BCUT2D eigenvalue weighted by molar-refractivity contribution is 0.0947. The number of amides is 2. The summed E-state index contributed by atoms with van der Waals surface area (Å²) in [7, 11) is 0. The summed E-state index contributed by atoms with van der Waals surface area (Å²) in [5.41, 5.74) is 7.83. The van der Waals surface area contributed by atoms with E-state index in [1.807, 2.05) is 65.8 Å². The average molecular weight is 396 g/mol. The molecule has 2 aromatic rings. The summed E-state index contributed by atoms with van der Waals surface area (Å²) in [6.45, 7) is 14.3. The lowest BCUT2D eigenvalue weighted by atomic mass is 9.99. The topological polar surface area (TPSA) is 70.2 Å². The van der Waals surface area contributed by atoms with E-state index in [2.05, 4.69) is 16.0 Å². The van der Waals surface area contributed by atoms with Gasteiger partial charge in [-0.05, 0) is 63.8 Å². The Kier molecular flexibility index (Phi) is 7.97. The molecule has 0 aromatic heterocycles. The molecule has 0 radical (unpaired) electrons. The number of hydrogen-bond donors (Lipinski definition) is 3. The minimum absolute atomic E-state index is 0.0413. The highest BCUT2D eigenvalue weighted by Crippen LogP contribution is 2.17. The molecule has 3 N–H and O–H groups in total. The number of carbonyl (C=O) groups excluding carboxylic acids is 2. The third kappa shape index (κ3) is 6.16. The molecule has 0 fully saturated rings. The average Bonchev–Trinajstić information content (AvgIpc) is 2.59. The Bertz CT molecular complexity index is 783. The summed E-state index contributed by atoms with van der Waals surface area (Å²) in [5.74, 6) is -0.0825. The van der Waals surface area contributed by atoms with E-state index in [1.165, 1.54) is 0 Å². The zero-order chi connectivity index (χ0) is 21.6. The Balaban J connectivity index is 1.70. The molecule has 0 bridgehead atoms. The second-order valence-electron chi connectivity index (χ2n) is 7.81. The molecule has 0 atom stereocenters. The molecule has 5 heteroatoms. The number of rotatable bonds is 8. The van der Waals surface area contributed by atoms with E-state index in [9.17, 15) is 9.59 Å². The maximum atomic E-state index is 12.4. The molecule has 0 aliphatic carbocycles. The Morgan fingerprint density at radius 1 is 0.586 bits per heavy atom. The van der Waals surface area contributed by atoms with Crippen molar-refractivity contribution in [3.8, 4) is 0 Å². The van der Waals surface area contributed by atoms with Crippen molar-refractivity contribution >= 4 is 11.8 Å². The van der Waals surface area contributed by atoms with Crippen LogP contribution in [0.5, 0.6) is 0 Å². The van der Waals surface area contributed by atoms with E-state index in [0.717, 1.165) is 44.5 Å². The first kappa shape index (κ1) is 22.6. The molecular weight excluding hydrogens is 362 g/mol. The van der Waals surface area contributed by atoms with Crippen LogP contribution >= 0.6 is 0 Å². The first-order valence-corrected chi connectivity index (χ1v) is 10.1. The van der Waals surface area contributed by atoms with Crippen LogP contribution in [0.3, 0.4) is 0 Å². The summed E-state index contributed by atoms with van der Waals surface area (Å²) in [5, 5.41) is 9.16. The van der Waals surface area contributed by atoms with Crippen molar-refractivity contribution in [2.24, 2.45) is 0 Å². The van der Waals surface area contributed by atoms with Crippen molar-refractivity contribution in [2.75, 3.05) is 26.2 Å². The van der Waals surface area contributed by atoms with Gasteiger partial charge in [0.2, 0.25) is 0 Å². The van der Waals surface area contributed by atoms with Crippen LogP contribution < -0.4 is 16.0 Å². The van der Waals surface area contributed by atoms with Gasteiger partial charge in [0.25, 0.3) is 11.8 Å². The summed E-state index contributed by atoms with van der Waals surface area (Å²) in [6.07, 6.45) is 0. The van der Waals surface area contributed by atoms with Gasteiger partial charge in [-0.3, -0.25) is 9.59 Å². The predicted molar refractivity (Wildman–Crippen MR) is 119 cm³/mol. The monoisotopic (exact) mass is 395 g/mol. The van der Waals surface area contributed by atoms with Crippen LogP contribution in [-0.2, 0) is 0 Å². The fraction of sp³-hybridized carbons (Fsp3) is 0.417. The van der Waals surface area contributed by atoms with Gasteiger partial charge in [-0.2, -0.15) is 0 Å². The van der Waals surface area contributed by atoms with E-state index < -0.39 is 0 Å². The molecule has 0 aliphatic rings. The van der Waals surface area contributed by atoms with E-state index in [-0.39, 0.29) is 11.8 Å². The minimum Gasteiger partial charge on any atom is -0.351 e. The molecule has 2 aromatic carbocycles. The Morgan fingerprint density at radius 2 is 0.897 bits per heavy atom. The highest BCUT2D eigenvalue weighted by molar-refractivity contribution is 5.97. The normalized spacial score (nSPS) is 10.7. The zero-order valence-corrected chi connectivity index (χ0v) is 18.5. The van der Waals surface area contributed by atoms with Crippen molar-refractivity contribution in [1.82, 2.24) is 16.0 Å². The van der Waals surface area contributed by atoms with Crippen molar-refractivity contribution in [3.05, 3.63) is 68.8 Å². The molecule has 5 nitrogen and oxygen atoms in total. The smallest absolute Gasteiger partial charge is 0.251 e. The Hall–Kier alpha value is -2.66. The summed E-state index contributed by atoms with van der Waals surface area (Å²) in [6, 6.07) is 8.11. The molecule has 0 saturated heterocycles. The molecule has 0 aliphatic heterocycles. The molecule has 0 spiro atoms. The summed E-state index contributed by atoms with van der Waals surface area (Å²) in [4.78, 5) is 24.8. The zero-order valence-electron chi connectivity index (χ0n) is 18.5. The number of hydrogen-bond acceptors (Lipinski definition) is 3. The standard InChI is InChI=1S/C24H33N3O2/c1-15-11-17(3)21(18(4)12-15)23(28)26-9-7-25-8-10-27-24(29)22-19(5)13-16(2)14-20(22)6/h11-14,25H,7-10H2,1-6H3,(H,26,28)(H,27,29). The molecule has 2 rings (SSSR count). The van der Waals surface area contributed by atoms with Gasteiger partial charge >= 0.3 is 0 Å². The van der Waals surface area contributed by atoms with Crippen LogP contribution in [0.4, 0.5) is 0 Å². The van der Waals surface area contributed by atoms with Gasteiger partial charge in [-0.15, -0.1) is 0 Å². The van der Waals surface area contributed by atoms with Gasteiger partial charge in [0.1, 0.15) is 0 Å². The number of nitrogens with one attached hydrogen (secondary N) is 3. The molecule has 156 valence electrons. The molecule has 29 heavy (non-hydrogen) atoms. The van der Waals surface area contributed by atoms with Gasteiger partial charge in [-0.25, -0.2) is 0 Å². The van der Waals surface area contributed by atoms with Crippen molar-refractivity contribution in [1.29, 1.82) is 0 Å². The van der Waals surface area contributed by atoms with Crippen LogP contribution in [0.25, 0.3) is 0 Å². The van der Waals surface area contributed by atoms with Crippen molar-refractivity contribution in [3.63, 3.8) is 0 Å². The first-order chi connectivity index (χ1) is 13.7. The maximum Gasteiger partial charge on any atom is 0.251 e. The third-order valence-electron chi connectivity index (χ3n) is 4.98. The molecule has 2 amide bonds. The second-order valence-corrected chi connectivity index (χ2v) is 7.81. The van der Waals surface area contributed by atoms with Gasteiger partial charge in [0.15, 0.2) is 0 Å². The quantitative estimate of drug-likeness (QED) is 0.601. The van der Waals surface area contributed by atoms with E-state index in [0.29, 0.717) is 26.2 Å². The largest absolute Gasteiger partial charge is 0.351 e. The van der Waals surface area contributed by atoms with Crippen molar-refractivity contribution in [2.45, 2.75) is 41.5 Å². The van der Waals surface area contributed by atoms with Crippen molar-refractivity contribution < 1.29 is 9.59 Å². The van der Waals surface area contributed by atoms with Gasteiger partial charge in [0, 0.05) is 37.3 Å². The number of aryl methyl sites for hydroxylation is 6. The number of benzene rings is 2. The fourth-order valence-electron chi connectivity index (χ4n) is 3.91. The highest BCUT2D eigenvalue weighted by Gasteiger charge is 2.13. The van der Waals surface area contributed by atoms with Crippen LogP contribution in [0.2, 0.25) is 0 Å². The number of carbonyl (C=O) groups is 2. The van der Waals surface area contributed by atoms with E-state index in [4.69, 9.17) is 0 Å². The summed E-state index contributed by atoms with van der Waals surface area (Å²) < 4.78 is 0. The first-order valence-electron chi connectivity index (χ1n) is 10.1. The lowest BCUT2D eigenvalue weighted by Crippen LogP contribution is -2.37. The maximum absolute atomic E-state index is 12.4. The van der Waals surface area contributed by atoms with Crippen LogP contribution in [-0.4, -0.2) is 38.0 Å². The second kappa shape index (κ2) is 10.2. The van der Waals surface area contributed by atoms with Gasteiger partial charge < -0.3 is 16.0 Å². The van der Waals surface area contributed by atoms with Crippen LogP contribution in [0.15, 0.2) is 24.3 Å². The minimum atomic E-state index is -0.0413. The highest BCUT2D eigenvalue weighted by atomic mass is 16.2. The predicted octanol–water partition coefficient (Wildman–Crippen LogP) is 3.29. The molecule has 0 heterocycles. The van der Waals surface area contributed by atoms with E-state index >= 15 is 0 Å².